The number of rotatable bonds is 13. The van der Waals surface area contributed by atoms with Gasteiger partial charge in [-0.2, -0.15) is 4.57 Å². The number of aromatic nitrogens is 5. The number of aliphatic hydroxyl groups is 3. The summed E-state index contributed by atoms with van der Waals surface area (Å²) in [6.07, 6.45) is -9.82. The summed E-state index contributed by atoms with van der Waals surface area (Å²) in [6, 6.07) is 2.44. The molecule has 2 saturated heterocycles. The van der Waals surface area contributed by atoms with E-state index in [9.17, 15) is 58.5 Å². The summed E-state index contributed by atoms with van der Waals surface area (Å²) in [5.41, 5.74) is 5.35. The van der Waals surface area contributed by atoms with Gasteiger partial charge in [-0.05, 0) is 6.07 Å². The fourth-order valence-corrected chi connectivity index (χ4v) is 7.33. The number of hydrogen-bond acceptors (Lipinski definition) is 22. The number of anilines is 1. The van der Waals surface area contributed by atoms with Gasteiger partial charge in [0.1, 0.15) is 42.4 Å². The standard InChI is InChI=1S/C21H27N6O18P3/c22-17-12-18(24-7-23-17)27(8-25-12)20-16(44-46(33,34)35)14(29)11(43-20)6-41-48(38,39)45-47(36,37)40-5-10-13(28)15(30)19(42-10)26-3-1-2-9(4-26)21(31)32/h1-4,7-8,10-11,13-16,19-20,28-30H,5-6H2,(H6-,22,23,24,31,32,33,34,35,36,37,38,39)/p-4. The van der Waals surface area contributed by atoms with E-state index in [4.69, 9.17) is 15.2 Å². The number of fused-ring (bicyclic) bond motifs is 1. The van der Waals surface area contributed by atoms with Gasteiger partial charge in [0, 0.05) is 6.07 Å². The number of nitrogens with two attached hydrogens (primary N) is 1. The normalized spacial score (nSPS) is 30.3. The van der Waals surface area contributed by atoms with Crippen molar-refractivity contribution < 1.29 is 90.4 Å². The summed E-state index contributed by atoms with van der Waals surface area (Å²) in [7, 11) is -17.5. The highest BCUT2D eigenvalue weighted by Crippen LogP contribution is 2.56. The van der Waals surface area contributed by atoms with E-state index in [1.165, 1.54) is 18.3 Å². The Morgan fingerprint density at radius 2 is 1.62 bits per heavy atom. The van der Waals surface area contributed by atoms with Crippen molar-refractivity contribution in [3.63, 3.8) is 0 Å². The average Bonchev–Trinajstić information content (AvgIpc) is 3.64. The van der Waals surface area contributed by atoms with Gasteiger partial charge < -0.3 is 78.1 Å². The van der Waals surface area contributed by atoms with Crippen molar-refractivity contribution in [2.24, 2.45) is 0 Å². The summed E-state index contributed by atoms with van der Waals surface area (Å²) in [6.45, 7) is -2.32. The lowest BCUT2D eigenvalue weighted by Crippen LogP contribution is -2.46. The maximum Gasteiger partial charge on any atom is 0.292 e. The smallest absolute Gasteiger partial charge is 0.292 e. The zero-order chi connectivity index (χ0) is 35.2. The Morgan fingerprint density at radius 3 is 2.25 bits per heavy atom. The third-order valence-corrected chi connectivity index (χ3v) is 9.94. The van der Waals surface area contributed by atoms with Crippen molar-refractivity contribution in [2.45, 2.75) is 49.1 Å². The summed E-state index contributed by atoms with van der Waals surface area (Å²) >= 11 is 0. The number of hydrogen-bond donors (Lipinski definition) is 4. The SMILES string of the molecule is Nc1ncnc2c1ncn2C1OC(COP(=O)([O-])OP(=O)([O-])OCC2OC([n+]3cccc(C(=O)[O-])c3)C(O)C2O)C(O)C1OP(=O)([O-])[O-]. The van der Waals surface area contributed by atoms with E-state index in [0.29, 0.717) is 0 Å². The molecule has 10 unspecified atom stereocenters. The molecule has 5 N–H and O–H groups in total. The predicted octanol–water partition coefficient (Wildman–Crippen LogP) is -6.16. The minimum atomic E-state index is -5.88. The van der Waals surface area contributed by atoms with Crippen LogP contribution in [0.25, 0.3) is 11.2 Å². The number of nitrogen functional groups attached to an aromatic ring is 1. The molecule has 0 bridgehead atoms. The Labute approximate surface area is 267 Å². The van der Waals surface area contributed by atoms with Crippen LogP contribution in [0.1, 0.15) is 22.8 Å². The van der Waals surface area contributed by atoms with Crippen molar-refractivity contribution in [1.29, 1.82) is 0 Å². The summed E-state index contributed by atoms with van der Waals surface area (Å²) < 4.78 is 66.4. The molecule has 0 aromatic carbocycles. The van der Waals surface area contributed by atoms with Crippen molar-refractivity contribution >= 4 is 46.4 Å². The van der Waals surface area contributed by atoms with Crippen LogP contribution in [-0.2, 0) is 41.1 Å². The van der Waals surface area contributed by atoms with Gasteiger partial charge in [-0.25, -0.2) is 19.3 Å². The van der Waals surface area contributed by atoms with Gasteiger partial charge in [-0.1, -0.05) is 0 Å². The van der Waals surface area contributed by atoms with Crippen LogP contribution in [0.2, 0.25) is 0 Å². The molecule has 3 aromatic rings. The summed E-state index contributed by atoms with van der Waals surface area (Å²) in [4.78, 5) is 70.2. The lowest BCUT2D eigenvalue weighted by atomic mass is 10.1. The molecule has 2 fully saturated rings. The van der Waals surface area contributed by atoms with Crippen LogP contribution in [0.3, 0.4) is 0 Å². The number of nitrogens with zero attached hydrogens (tertiary/aromatic N) is 5. The van der Waals surface area contributed by atoms with E-state index < -0.39 is 91.7 Å². The maximum atomic E-state index is 12.4. The highest BCUT2D eigenvalue weighted by atomic mass is 31.3. The molecular formula is C21H23N6O18P3-4. The van der Waals surface area contributed by atoms with Crippen LogP contribution in [0.15, 0.2) is 37.2 Å². The van der Waals surface area contributed by atoms with Crippen LogP contribution < -0.4 is 35.0 Å². The molecule has 0 amide bonds. The van der Waals surface area contributed by atoms with Gasteiger partial charge in [-0.15, -0.1) is 0 Å². The van der Waals surface area contributed by atoms with Gasteiger partial charge >= 0.3 is 0 Å². The molecule has 2 aliphatic heterocycles. The van der Waals surface area contributed by atoms with Crippen molar-refractivity contribution in [3.8, 4) is 0 Å². The minimum absolute atomic E-state index is 0.00868. The first-order chi connectivity index (χ1) is 22.4. The van der Waals surface area contributed by atoms with E-state index in [1.807, 2.05) is 0 Å². The van der Waals surface area contributed by atoms with Crippen LogP contribution in [0.4, 0.5) is 5.82 Å². The summed E-state index contributed by atoms with van der Waals surface area (Å²) in [5.74, 6) is -1.66. The molecule has 264 valence electrons. The third kappa shape index (κ3) is 8.12. The molecule has 48 heavy (non-hydrogen) atoms. The lowest BCUT2D eigenvalue weighted by molar-refractivity contribution is -0.765. The first-order valence-corrected chi connectivity index (χ1v) is 17.6. The Bertz CT molecular complexity index is 1810. The molecule has 27 heteroatoms. The molecule has 0 aliphatic carbocycles. The van der Waals surface area contributed by atoms with Crippen LogP contribution in [0.5, 0.6) is 0 Å². The molecule has 5 rings (SSSR count). The fourth-order valence-electron chi connectivity index (χ4n) is 4.78. The Morgan fingerprint density at radius 1 is 0.979 bits per heavy atom. The number of phosphoric acid groups is 3. The first kappa shape index (κ1) is 36.4. The molecule has 0 spiro atoms. The van der Waals surface area contributed by atoms with E-state index in [1.54, 1.807) is 0 Å². The van der Waals surface area contributed by atoms with Gasteiger partial charge in [0.2, 0.25) is 0 Å². The number of aromatic carboxylic acids is 1. The molecule has 10 atom stereocenters. The number of carboxylic acids is 1. The van der Waals surface area contributed by atoms with Crippen molar-refractivity contribution in [1.82, 2.24) is 19.5 Å². The average molecular weight is 740 g/mol. The second kappa shape index (κ2) is 13.8. The number of carboxylic acid groups (broad SMARTS) is 1. The Balaban J connectivity index is 1.21. The lowest BCUT2D eigenvalue weighted by Gasteiger charge is -2.34. The predicted molar refractivity (Wildman–Crippen MR) is 137 cm³/mol. The molecule has 0 saturated carbocycles. The zero-order valence-corrected chi connectivity index (χ0v) is 26.3. The number of carbonyl (C=O) groups excluding carboxylic acids is 1. The first-order valence-electron chi connectivity index (χ1n) is 13.2. The Hall–Kier alpha value is -2.86. The van der Waals surface area contributed by atoms with Crippen molar-refractivity contribution in [3.05, 3.63) is 42.7 Å². The van der Waals surface area contributed by atoms with Gasteiger partial charge in [0.25, 0.3) is 21.9 Å². The van der Waals surface area contributed by atoms with Crippen LogP contribution >= 0.6 is 23.5 Å². The second-order valence-electron chi connectivity index (χ2n) is 10.1. The van der Waals surface area contributed by atoms with E-state index >= 15 is 0 Å². The number of phosphoric ester groups is 3. The molecule has 5 heterocycles. The molecular weight excluding hydrogens is 717 g/mol. The number of pyridine rings is 1. The van der Waals surface area contributed by atoms with E-state index in [2.05, 4.69) is 32.8 Å². The van der Waals surface area contributed by atoms with Gasteiger partial charge in [-0.3, -0.25) is 13.7 Å². The highest BCUT2D eigenvalue weighted by Gasteiger charge is 2.49. The zero-order valence-electron chi connectivity index (χ0n) is 23.6. The van der Waals surface area contributed by atoms with Gasteiger partial charge in [0.15, 0.2) is 36.2 Å². The maximum absolute atomic E-state index is 12.4. The third-order valence-electron chi connectivity index (χ3n) is 6.91. The number of ether oxygens (including phenoxy) is 2. The highest BCUT2D eigenvalue weighted by molar-refractivity contribution is 7.59. The van der Waals surface area contributed by atoms with E-state index in [0.717, 1.165) is 28.0 Å². The molecule has 2 aliphatic rings. The number of carbonyl (C=O) groups is 1. The quantitative estimate of drug-likeness (QED) is 0.0935. The van der Waals surface area contributed by atoms with Gasteiger partial charge in [0.05, 0.1) is 38.9 Å². The molecule has 0 radical (unpaired) electrons. The van der Waals surface area contributed by atoms with Crippen LogP contribution in [0, 0.1) is 0 Å². The van der Waals surface area contributed by atoms with Crippen molar-refractivity contribution in [2.75, 3.05) is 18.9 Å². The monoisotopic (exact) mass is 740 g/mol. The van der Waals surface area contributed by atoms with E-state index in [-0.39, 0.29) is 22.5 Å². The van der Waals surface area contributed by atoms with Crippen LogP contribution in [-0.4, -0.2) is 90.6 Å². The minimum Gasteiger partial charge on any atom is -0.790 e. The fraction of sp³-hybridized carbons (Fsp3) is 0.476. The summed E-state index contributed by atoms with van der Waals surface area (Å²) in [5, 5.41) is 42.4. The second-order valence-corrected chi connectivity index (χ2v) is 14.2. The molecule has 3 aromatic heterocycles. The number of aliphatic hydroxyl groups excluding tert-OH is 3. The Kier molecular flexibility index (Phi) is 10.5. The number of imidazole rings is 1. The topological polar surface area (TPSA) is 373 Å². The largest absolute Gasteiger partial charge is 0.790 e. The molecule has 24 nitrogen and oxygen atoms in total.